The van der Waals surface area contributed by atoms with Crippen molar-refractivity contribution >= 4 is 17.5 Å². The third-order valence-electron chi connectivity index (χ3n) is 6.68. The minimum Gasteiger partial charge on any atom is -0.493 e. The number of rotatable bonds is 10. The van der Waals surface area contributed by atoms with E-state index in [2.05, 4.69) is 4.90 Å². The van der Waals surface area contributed by atoms with E-state index >= 15 is 0 Å². The summed E-state index contributed by atoms with van der Waals surface area (Å²) in [5, 5.41) is 0.592. The third-order valence-corrected chi connectivity index (χ3v) is 6.94. The van der Waals surface area contributed by atoms with Gasteiger partial charge in [-0.05, 0) is 47.5 Å². The number of carbonyl (C=O) groups excluding carboxylic acids is 1. The first kappa shape index (κ1) is 27.8. The predicted molar refractivity (Wildman–Crippen MR) is 142 cm³/mol. The van der Waals surface area contributed by atoms with E-state index in [-0.39, 0.29) is 24.5 Å². The van der Waals surface area contributed by atoms with Crippen molar-refractivity contribution < 1.29 is 27.8 Å². The summed E-state index contributed by atoms with van der Waals surface area (Å²) in [5.41, 5.74) is 1.61. The number of benzene rings is 3. The number of hydrogen-bond donors (Lipinski definition) is 0. The van der Waals surface area contributed by atoms with Crippen LogP contribution in [0.15, 0.2) is 60.7 Å². The van der Waals surface area contributed by atoms with Crippen LogP contribution in [0.4, 0.5) is 8.78 Å². The van der Waals surface area contributed by atoms with Crippen molar-refractivity contribution in [3.63, 3.8) is 0 Å². The fourth-order valence-electron chi connectivity index (χ4n) is 4.48. The first-order valence-electron chi connectivity index (χ1n) is 12.4. The Morgan fingerprint density at radius 3 is 2.21 bits per heavy atom. The van der Waals surface area contributed by atoms with Crippen molar-refractivity contribution in [1.29, 1.82) is 0 Å². The van der Waals surface area contributed by atoms with Gasteiger partial charge in [-0.3, -0.25) is 9.69 Å². The first-order chi connectivity index (χ1) is 18.4. The van der Waals surface area contributed by atoms with Gasteiger partial charge >= 0.3 is 0 Å². The SMILES string of the molecule is COc1ccc(CC(=O)N2CCN(C[C@@H](OCc3c(F)cccc3F)c3ccc(Cl)cc3)CC2)cc1OC. The van der Waals surface area contributed by atoms with Crippen LogP contribution in [0.3, 0.4) is 0 Å². The molecule has 1 atom stereocenters. The van der Waals surface area contributed by atoms with Crippen molar-refractivity contribution in [2.45, 2.75) is 19.1 Å². The zero-order valence-electron chi connectivity index (χ0n) is 21.5. The summed E-state index contributed by atoms with van der Waals surface area (Å²) < 4.78 is 45.0. The number of amides is 1. The van der Waals surface area contributed by atoms with Gasteiger partial charge in [-0.2, -0.15) is 0 Å². The summed E-state index contributed by atoms with van der Waals surface area (Å²) in [6.45, 7) is 2.76. The highest BCUT2D eigenvalue weighted by atomic mass is 35.5. The number of ether oxygens (including phenoxy) is 3. The van der Waals surface area contributed by atoms with Gasteiger partial charge < -0.3 is 19.1 Å². The van der Waals surface area contributed by atoms with Crippen LogP contribution in [0.2, 0.25) is 5.02 Å². The maximum absolute atomic E-state index is 14.2. The van der Waals surface area contributed by atoms with E-state index in [1.54, 1.807) is 32.4 Å². The molecule has 0 aliphatic carbocycles. The Balaban J connectivity index is 1.36. The highest BCUT2D eigenvalue weighted by molar-refractivity contribution is 6.30. The van der Waals surface area contributed by atoms with Crippen molar-refractivity contribution in [1.82, 2.24) is 9.80 Å². The van der Waals surface area contributed by atoms with Crippen LogP contribution in [0.1, 0.15) is 22.8 Å². The second kappa shape index (κ2) is 13.0. The summed E-state index contributed by atoms with van der Waals surface area (Å²) in [7, 11) is 3.14. The molecule has 0 bridgehead atoms. The van der Waals surface area contributed by atoms with Gasteiger partial charge in [-0.25, -0.2) is 8.78 Å². The van der Waals surface area contributed by atoms with E-state index in [1.807, 2.05) is 29.2 Å². The van der Waals surface area contributed by atoms with Gasteiger partial charge in [-0.15, -0.1) is 0 Å². The highest BCUT2D eigenvalue weighted by Crippen LogP contribution is 2.28. The molecule has 1 aliphatic heterocycles. The molecule has 38 heavy (non-hydrogen) atoms. The van der Waals surface area contributed by atoms with Gasteiger partial charge in [0.05, 0.1) is 33.4 Å². The maximum atomic E-state index is 14.2. The van der Waals surface area contributed by atoms with Gasteiger partial charge in [0.2, 0.25) is 5.91 Å². The average molecular weight is 545 g/mol. The Hall–Kier alpha value is -3.20. The van der Waals surface area contributed by atoms with E-state index in [0.29, 0.717) is 49.2 Å². The van der Waals surface area contributed by atoms with Crippen LogP contribution < -0.4 is 9.47 Å². The van der Waals surface area contributed by atoms with Crippen LogP contribution in [0.5, 0.6) is 11.5 Å². The van der Waals surface area contributed by atoms with E-state index in [1.165, 1.54) is 18.2 Å². The smallest absolute Gasteiger partial charge is 0.227 e. The number of hydrogen-bond acceptors (Lipinski definition) is 5. The monoisotopic (exact) mass is 544 g/mol. The second-order valence-corrected chi connectivity index (χ2v) is 9.54. The van der Waals surface area contributed by atoms with Crippen molar-refractivity contribution in [2.75, 3.05) is 46.9 Å². The summed E-state index contributed by atoms with van der Waals surface area (Å²) >= 11 is 6.06. The molecule has 9 heteroatoms. The Kier molecular flexibility index (Phi) is 9.55. The number of nitrogens with zero attached hydrogens (tertiary/aromatic N) is 2. The Labute approximate surface area is 226 Å². The lowest BCUT2D eigenvalue weighted by Gasteiger charge is -2.36. The molecule has 0 saturated carbocycles. The van der Waals surface area contributed by atoms with E-state index in [9.17, 15) is 13.6 Å². The molecular formula is C29H31ClF2N2O4. The standard InChI is InChI=1S/C29H31ClF2N2O4/c1-36-26-11-6-20(16-27(26)37-2)17-29(35)34-14-12-33(13-15-34)18-28(21-7-9-22(30)10-8-21)38-19-23-24(31)4-3-5-25(23)32/h3-11,16,28H,12-15,17-19H2,1-2H3/t28-/m1/s1. The van der Waals surface area contributed by atoms with Crippen LogP contribution in [0, 0.1) is 11.6 Å². The fourth-order valence-corrected chi connectivity index (χ4v) is 4.60. The zero-order chi connectivity index (χ0) is 27.1. The minimum absolute atomic E-state index is 0.0393. The average Bonchev–Trinajstić information content (AvgIpc) is 2.93. The molecule has 1 heterocycles. The summed E-state index contributed by atoms with van der Waals surface area (Å²) in [5.74, 6) is -0.0287. The number of methoxy groups -OCH3 is 2. The molecule has 1 saturated heterocycles. The molecule has 4 rings (SSSR count). The molecule has 0 radical (unpaired) electrons. The topological polar surface area (TPSA) is 51.2 Å². The molecule has 1 fully saturated rings. The lowest BCUT2D eigenvalue weighted by molar-refractivity contribution is -0.132. The summed E-state index contributed by atoms with van der Waals surface area (Å²) in [4.78, 5) is 17.0. The number of halogens is 3. The van der Waals surface area contributed by atoms with Crippen molar-refractivity contribution in [3.05, 3.63) is 94.0 Å². The number of carbonyl (C=O) groups is 1. The summed E-state index contributed by atoms with van der Waals surface area (Å²) in [6, 6.07) is 16.5. The van der Waals surface area contributed by atoms with E-state index < -0.39 is 17.7 Å². The molecule has 3 aromatic carbocycles. The quantitative estimate of drug-likeness (QED) is 0.348. The highest BCUT2D eigenvalue weighted by Gasteiger charge is 2.25. The maximum Gasteiger partial charge on any atom is 0.227 e. The van der Waals surface area contributed by atoms with E-state index in [4.69, 9.17) is 25.8 Å². The third kappa shape index (κ3) is 7.01. The molecule has 3 aromatic rings. The van der Waals surface area contributed by atoms with Crippen molar-refractivity contribution in [3.8, 4) is 11.5 Å². The predicted octanol–water partition coefficient (Wildman–Crippen LogP) is 5.28. The van der Waals surface area contributed by atoms with Gasteiger partial charge in [0.25, 0.3) is 0 Å². The largest absolute Gasteiger partial charge is 0.493 e. The summed E-state index contributed by atoms with van der Waals surface area (Å²) in [6.07, 6.45) is -0.161. The second-order valence-electron chi connectivity index (χ2n) is 9.10. The van der Waals surface area contributed by atoms with Gasteiger partial charge in [0, 0.05) is 43.3 Å². The van der Waals surface area contributed by atoms with Crippen LogP contribution >= 0.6 is 11.6 Å². The van der Waals surface area contributed by atoms with Gasteiger partial charge in [0.1, 0.15) is 11.6 Å². The molecule has 0 unspecified atom stereocenters. The van der Waals surface area contributed by atoms with Gasteiger partial charge in [-0.1, -0.05) is 35.9 Å². The molecule has 1 amide bonds. The fraction of sp³-hybridized carbons (Fsp3) is 0.345. The number of piperazine rings is 1. The Bertz CT molecular complexity index is 1210. The van der Waals surface area contributed by atoms with E-state index in [0.717, 1.165) is 11.1 Å². The van der Waals surface area contributed by atoms with Gasteiger partial charge in [0.15, 0.2) is 11.5 Å². The van der Waals surface area contributed by atoms with Crippen LogP contribution in [0.25, 0.3) is 0 Å². The minimum atomic E-state index is -0.638. The molecule has 0 aromatic heterocycles. The van der Waals surface area contributed by atoms with Crippen LogP contribution in [-0.4, -0.2) is 62.7 Å². The zero-order valence-corrected chi connectivity index (χ0v) is 22.2. The lowest BCUT2D eigenvalue weighted by atomic mass is 10.1. The molecular weight excluding hydrogens is 514 g/mol. The van der Waals surface area contributed by atoms with Crippen LogP contribution in [-0.2, 0) is 22.6 Å². The normalized spacial score (nSPS) is 14.8. The lowest BCUT2D eigenvalue weighted by Crippen LogP contribution is -2.50. The Morgan fingerprint density at radius 1 is 0.921 bits per heavy atom. The molecule has 1 aliphatic rings. The first-order valence-corrected chi connectivity index (χ1v) is 12.8. The molecule has 202 valence electrons. The molecule has 6 nitrogen and oxygen atoms in total. The molecule has 0 spiro atoms. The Morgan fingerprint density at radius 2 is 1.58 bits per heavy atom. The molecule has 0 N–H and O–H groups in total. The van der Waals surface area contributed by atoms with Crippen molar-refractivity contribution in [2.24, 2.45) is 0 Å².